The third kappa shape index (κ3) is 3.36. The predicted molar refractivity (Wildman–Crippen MR) is 135 cm³/mol. The highest BCUT2D eigenvalue weighted by Gasteiger charge is 2.43. The molecule has 0 radical (unpaired) electrons. The highest BCUT2D eigenvalue weighted by molar-refractivity contribution is 7.11. The molecule has 0 unspecified atom stereocenters. The Labute approximate surface area is 185 Å². The summed E-state index contributed by atoms with van der Waals surface area (Å²) in [5, 5.41) is 2.99. The van der Waals surface area contributed by atoms with Crippen molar-refractivity contribution in [3.63, 3.8) is 0 Å². The third-order valence-corrected chi connectivity index (χ3v) is 9.71. The van der Waals surface area contributed by atoms with Crippen molar-refractivity contribution in [1.29, 1.82) is 0 Å². The van der Waals surface area contributed by atoms with E-state index in [4.69, 9.17) is 0 Å². The van der Waals surface area contributed by atoms with Crippen molar-refractivity contribution in [3.8, 4) is 0 Å². The first-order valence-electron chi connectivity index (χ1n) is 10.7. The molecule has 0 atom stereocenters. The zero-order chi connectivity index (χ0) is 21.3. The van der Waals surface area contributed by atoms with Gasteiger partial charge in [0.25, 0.3) is 0 Å². The Hall–Kier alpha value is -3.60. The minimum absolute atomic E-state index is 1.21. The van der Waals surface area contributed by atoms with E-state index in [1.54, 1.807) is 0 Å². The van der Waals surface area contributed by atoms with Gasteiger partial charge in [-0.1, -0.05) is 116 Å². The van der Waals surface area contributed by atoms with E-state index in [-0.39, 0.29) is 0 Å². The molecule has 148 valence electrons. The van der Waals surface area contributed by atoms with Gasteiger partial charge in [-0.3, -0.25) is 0 Å². The minimum atomic E-state index is -2.04. The number of benzene rings is 3. The van der Waals surface area contributed by atoms with E-state index in [1.807, 2.05) is 6.08 Å². The van der Waals surface area contributed by atoms with Crippen molar-refractivity contribution >= 4 is 24.0 Å². The van der Waals surface area contributed by atoms with Gasteiger partial charge in [-0.05, 0) is 62.0 Å². The van der Waals surface area contributed by atoms with Crippen LogP contribution in [0, 0.1) is 0 Å². The van der Waals surface area contributed by atoms with E-state index in [0.717, 1.165) is 0 Å². The monoisotopic (exact) mass is 412 g/mol. The fourth-order valence-corrected chi connectivity index (χ4v) is 8.72. The van der Waals surface area contributed by atoms with Crippen molar-refractivity contribution < 1.29 is 0 Å². The summed E-state index contributed by atoms with van der Waals surface area (Å²) < 4.78 is 0. The Morgan fingerprint density at radius 1 is 0.548 bits per heavy atom. The first kappa shape index (κ1) is 19.4. The van der Waals surface area contributed by atoms with Gasteiger partial charge < -0.3 is 0 Å². The van der Waals surface area contributed by atoms with Gasteiger partial charge in [-0.2, -0.15) is 0 Å². The minimum Gasteiger partial charge on any atom is -0.0702 e. The fraction of sp³-hybridized carbons (Fsp3) is 0.0667. The molecule has 3 aromatic rings. The third-order valence-electron chi connectivity index (χ3n) is 6.13. The molecule has 3 aromatic carbocycles. The predicted octanol–water partition coefficient (Wildman–Crippen LogP) is 7.66. The normalized spacial score (nSPS) is 16.8. The van der Waals surface area contributed by atoms with Crippen molar-refractivity contribution in [1.82, 2.24) is 0 Å². The Kier molecular flexibility index (Phi) is 4.94. The number of rotatable bonds is 4. The van der Waals surface area contributed by atoms with Gasteiger partial charge in [0.2, 0.25) is 0 Å². The maximum Gasteiger partial charge on any atom is 0.115 e. The van der Waals surface area contributed by atoms with Crippen molar-refractivity contribution in [2.45, 2.75) is 13.1 Å². The molecule has 0 nitrogen and oxygen atoms in total. The topological polar surface area (TPSA) is 0 Å². The lowest BCUT2D eigenvalue weighted by Gasteiger charge is -2.26. The quantitative estimate of drug-likeness (QED) is 0.305. The summed E-state index contributed by atoms with van der Waals surface area (Å²) in [6.45, 7) is 4.98. The van der Waals surface area contributed by atoms with E-state index >= 15 is 0 Å². The first-order chi connectivity index (χ1) is 15.2. The largest absolute Gasteiger partial charge is 0.115 e. The van der Waals surface area contributed by atoms with Crippen LogP contribution in [0.15, 0.2) is 132 Å². The zero-order valence-electron chi connectivity index (χ0n) is 17.9. The molecule has 0 spiro atoms. The summed E-state index contributed by atoms with van der Waals surface area (Å²) in [7, 11) is -2.04. The highest BCUT2D eigenvalue weighted by atomic mass is 28.3. The summed E-state index contributed by atoms with van der Waals surface area (Å²) in [6, 6.07) is 32.7. The zero-order valence-corrected chi connectivity index (χ0v) is 18.9. The Bertz CT molecular complexity index is 1320. The van der Waals surface area contributed by atoms with Gasteiger partial charge in [-0.25, -0.2) is 0 Å². The van der Waals surface area contributed by atoms with E-state index in [9.17, 15) is 0 Å². The van der Waals surface area contributed by atoms with Crippen LogP contribution < -0.4 is 0 Å². The van der Waals surface area contributed by atoms with Gasteiger partial charge in [0.05, 0.1) is 0 Å². The van der Waals surface area contributed by atoms with Gasteiger partial charge in [0, 0.05) is 0 Å². The van der Waals surface area contributed by atoms with Crippen molar-refractivity contribution in [2.24, 2.45) is 0 Å². The van der Waals surface area contributed by atoms with E-state index in [0.29, 0.717) is 0 Å². The Morgan fingerprint density at radius 2 is 1.03 bits per heavy atom. The second kappa shape index (κ2) is 7.91. The summed E-state index contributed by atoms with van der Waals surface area (Å²) in [5.41, 5.74) is 14.1. The summed E-state index contributed by atoms with van der Waals surface area (Å²) >= 11 is 0. The lowest BCUT2D eigenvalue weighted by molar-refractivity contribution is 1.52. The standard InChI is InChI=1S/C30H24Si/c1-31(2)29(25-19-11-5-12-20-25)27(23-15-7-3-8-16-23)28(24-17-9-4-10-18-24)30(31)26-21-13-6-14-22-26/h3,5-9,11-22H,1-2H3. The second-order valence-corrected chi connectivity index (χ2v) is 12.7. The maximum absolute atomic E-state index is 3.20. The molecule has 0 aromatic heterocycles. The van der Waals surface area contributed by atoms with E-state index in [2.05, 4.69) is 128 Å². The molecular formula is C30H24Si. The molecular weight excluding hydrogens is 388 g/mol. The summed E-state index contributed by atoms with van der Waals surface area (Å²) in [5.74, 6) is 0. The van der Waals surface area contributed by atoms with Gasteiger partial charge in [0.1, 0.15) is 8.07 Å². The molecule has 1 aliphatic heterocycles. The van der Waals surface area contributed by atoms with Crippen LogP contribution in [0.2, 0.25) is 13.1 Å². The van der Waals surface area contributed by atoms with Gasteiger partial charge >= 0.3 is 0 Å². The molecule has 0 amide bonds. The van der Waals surface area contributed by atoms with Crippen LogP contribution in [0.1, 0.15) is 16.7 Å². The molecule has 1 heteroatoms. The lowest BCUT2D eigenvalue weighted by atomic mass is 9.88. The summed E-state index contributed by atoms with van der Waals surface area (Å²) in [4.78, 5) is 0. The molecule has 1 heterocycles. The lowest BCUT2D eigenvalue weighted by Crippen LogP contribution is -2.28. The number of hydrogen-bond donors (Lipinski definition) is 0. The maximum atomic E-state index is 3.20. The smallest absolute Gasteiger partial charge is 0.0702 e. The average molecular weight is 413 g/mol. The summed E-state index contributed by atoms with van der Waals surface area (Å²) in [6.07, 6.45) is 6.23. The number of hydrogen-bond acceptors (Lipinski definition) is 0. The molecule has 0 fully saturated rings. The number of allylic oxidation sites excluding steroid dienone is 6. The van der Waals surface area contributed by atoms with E-state index in [1.165, 1.54) is 43.8 Å². The van der Waals surface area contributed by atoms with Crippen LogP contribution in [-0.2, 0) is 0 Å². The Balaban J connectivity index is 1.90. The average Bonchev–Trinajstić information content (AvgIpc) is 3.08. The molecule has 0 bridgehead atoms. The van der Waals surface area contributed by atoms with Crippen molar-refractivity contribution in [2.75, 3.05) is 0 Å². The van der Waals surface area contributed by atoms with Crippen LogP contribution in [0.25, 0.3) is 16.0 Å². The molecule has 31 heavy (non-hydrogen) atoms. The van der Waals surface area contributed by atoms with Crippen LogP contribution >= 0.6 is 0 Å². The van der Waals surface area contributed by atoms with Crippen LogP contribution in [0.4, 0.5) is 0 Å². The van der Waals surface area contributed by atoms with Gasteiger partial charge in [-0.15, -0.1) is 0 Å². The molecule has 2 aliphatic rings. The van der Waals surface area contributed by atoms with Crippen molar-refractivity contribution in [3.05, 3.63) is 149 Å². The first-order valence-corrected chi connectivity index (χ1v) is 13.7. The molecule has 1 aliphatic carbocycles. The second-order valence-electron chi connectivity index (χ2n) is 8.44. The van der Waals surface area contributed by atoms with Crippen LogP contribution in [0.3, 0.4) is 0 Å². The fourth-order valence-electron chi connectivity index (χ4n) is 4.90. The van der Waals surface area contributed by atoms with Gasteiger partial charge in [0.15, 0.2) is 0 Å². The highest BCUT2D eigenvalue weighted by Crippen LogP contribution is 2.54. The van der Waals surface area contributed by atoms with E-state index < -0.39 is 8.07 Å². The molecule has 0 saturated carbocycles. The Morgan fingerprint density at radius 3 is 1.52 bits per heavy atom. The van der Waals surface area contributed by atoms with Crippen LogP contribution in [0.5, 0.6) is 0 Å². The van der Waals surface area contributed by atoms with Crippen LogP contribution in [-0.4, -0.2) is 8.07 Å². The molecule has 0 saturated heterocycles. The molecule has 0 N–H and O–H groups in total. The molecule has 5 rings (SSSR count). The SMILES string of the molecule is C[Si]1(C)C(c2ccccc2)=C(C2=CC=C=C=C2)C(c2ccccc2)=C1c1ccccc1.